The van der Waals surface area contributed by atoms with Crippen molar-refractivity contribution in [2.75, 3.05) is 20.3 Å². The zero-order valence-corrected chi connectivity index (χ0v) is 13.4. The van der Waals surface area contributed by atoms with Crippen LogP contribution >= 0.6 is 0 Å². The van der Waals surface area contributed by atoms with Gasteiger partial charge < -0.3 is 20.5 Å². The van der Waals surface area contributed by atoms with E-state index in [2.05, 4.69) is 5.32 Å². The zero-order valence-electron chi connectivity index (χ0n) is 13.4. The van der Waals surface area contributed by atoms with Crippen molar-refractivity contribution in [2.24, 2.45) is 5.73 Å². The number of hydrogen-bond acceptors (Lipinski definition) is 4. The van der Waals surface area contributed by atoms with E-state index in [0.717, 1.165) is 18.5 Å². The number of nitrogens with one attached hydrogen (secondary N) is 1. The van der Waals surface area contributed by atoms with Crippen LogP contribution in [0.3, 0.4) is 0 Å². The third-order valence-electron chi connectivity index (χ3n) is 3.49. The van der Waals surface area contributed by atoms with Gasteiger partial charge in [-0.05, 0) is 44.5 Å². The predicted molar refractivity (Wildman–Crippen MR) is 83.7 cm³/mol. The van der Waals surface area contributed by atoms with Crippen molar-refractivity contribution in [1.29, 1.82) is 0 Å². The van der Waals surface area contributed by atoms with Crippen molar-refractivity contribution in [3.8, 4) is 11.5 Å². The molecule has 1 amide bonds. The van der Waals surface area contributed by atoms with Crippen molar-refractivity contribution in [3.05, 3.63) is 23.8 Å². The van der Waals surface area contributed by atoms with Crippen LogP contribution in [0.25, 0.3) is 0 Å². The van der Waals surface area contributed by atoms with E-state index in [-0.39, 0.29) is 5.91 Å². The standard InChI is InChI=1S/C16H26N2O3/c1-5-9-18-16(3,15(17)19)8-10-21-13-7-6-12(2)11-14(13)20-4/h6-7,11,18H,5,8-10H2,1-4H3,(H2,17,19). The maximum absolute atomic E-state index is 11.6. The van der Waals surface area contributed by atoms with Crippen LogP contribution < -0.4 is 20.5 Å². The zero-order chi connectivity index (χ0) is 15.9. The summed E-state index contributed by atoms with van der Waals surface area (Å²) in [6, 6.07) is 5.74. The Labute approximate surface area is 126 Å². The van der Waals surface area contributed by atoms with E-state index in [0.29, 0.717) is 24.5 Å². The molecule has 0 aliphatic carbocycles. The molecule has 0 saturated carbocycles. The second-order valence-electron chi connectivity index (χ2n) is 5.38. The van der Waals surface area contributed by atoms with Gasteiger partial charge in [0.05, 0.1) is 19.3 Å². The monoisotopic (exact) mass is 294 g/mol. The highest BCUT2D eigenvalue weighted by molar-refractivity contribution is 5.84. The molecular formula is C16H26N2O3. The van der Waals surface area contributed by atoms with E-state index in [9.17, 15) is 4.79 Å². The minimum absolute atomic E-state index is 0.365. The Morgan fingerprint density at radius 1 is 1.38 bits per heavy atom. The summed E-state index contributed by atoms with van der Waals surface area (Å²) in [5, 5.41) is 3.18. The molecule has 0 bridgehead atoms. The number of carbonyl (C=O) groups is 1. The van der Waals surface area contributed by atoms with Crippen LogP contribution in [0, 0.1) is 6.92 Å². The Bertz CT molecular complexity index is 477. The van der Waals surface area contributed by atoms with E-state index in [1.807, 2.05) is 32.0 Å². The van der Waals surface area contributed by atoms with E-state index in [1.54, 1.807) is 14.0 Å². The summed E-state index contributed by atoms with van der Waals surface area (Å²) >= 11 is 0. The van der Waals surface area contributed by atoms with Crippen LogP contribution in [-0.2, 0) is 4.79 Å². The Hall–Kier alpha value is -1.75. The van der Waals surface area contributed by atoms with Crippen LogP contribution in [-0.4, -0.2) is 31.7 Å². The highest BCUT2D eigenvalue weighted by Gasteiger charge is 2.30. The van der Waals surface area contributed by atoms with E-state index >= 15 is 0 Å². The number of rotatable bonds is 9. The molecule has 0 heterocycles. The molecule has 1 aromatic rings. The summed E-state index contributed by atoms with van der Waals surface area (Å²) in [7, 11) is 1.61. The van der Waals surface area contributed by atoms with Gasteiger partial charge in [-0.1, -0.05) is 13.0 Å². The third kappa shape index (κ3) is 4.93. The summed E-state index contributed by atoms with van der Waals surface area (Å²) in [4.78, 5) is 11.6. The van der Waals surface area contributed by atoms with Crippen molar-refractivity contribution in [2.45, 2.75) is 39.2 Å². The minimum Gasteiger partial charge on any atom is -0.493 e. The maximum atomic E-state index is 11.6. The van der Waals surface area contributed by atoms with Gasteiger partial charge in [0.1, 0.15) is 0 Å². The number of amides is 1. The third-order valence-corrected chi connectivity index (χ3v) is 3.49. The number of ether oxygens (including phenoxy) is 2. The molecule has 0 aliphatic rings. The lowest BCUT2D eigenvalue weighted by Gasteiger charge is -2.27. The van der Waals surface area contributed by atoms with Crippen LogP contribution in [0.5, 0.6) is 11.5 Å². The number of primary amides is 1. The number of benzene rings is 1. The van der Waals surface area contributed by atoms with Gasteiger partial charge in [-0.25, -0.2) is 0 Å². The molecule has 118 valence electrons. The summed E-state index contributed by atoms with van der Waals surface area (Å²) in [6.45, 7) is 6.97. The second-order valence-corrected chi connectivity index (χ2v) is 5.38. The molecule has 0 fully saturated rings. The Morgan fingerprint density at radius 2 is 2.10 bits per heavy atom. The fraction of sp³-hybridized carbons (Fsp3) is 0.562. The molecule has 0 saturated heterocycles. The molecule has 5 heteroatoms. The topological polar surface area (TPSA) is 73.6 Å². The molecule has 1 rings (SSSR count). The molecule has 21 heavy (non-hydrogen) atoms. The summed E-state index contributed by atoms with van der Waals surface area (Å²) < 4.78 is 11.0. The highest BCUT2D eigenvalue weighted by Crippen LogP contribution is 2.28. The highest BCUT2D eigenvalue weighted by atomic mass is 16.5. The number of carbonyl (C=O) groups excluding carboxylic acids is 1. The SMILES string of the molecule is CCCNC(C)(CCOc1ccc(C)cc1OC)C(N)=O. The minimum atomic E-state index is -0.756. The van der Waals surface area contributed by atoms with Crippen molar-refractivity contribution < 1.29 is 14.3 Å². The molecule has 3 N–H and O–H groups in total. The smallest absolute Gasteiger partial charge is 0.237 e. The van der Waals surface area contributed by atoms with Crippen molar-refractivity contribution >= 4 is 5.91 Å². The first-order valence-electron chi connectivity index (χ1n) is 7.25. The molecule has 0 spiro atoms. The number of methoxy groups -OCH3 is 1. The lowest BCUT2D eigenvalue weighted by molar-refractivity contribution is -0.124. The van der Waals surface area contributed by atoms with Crippen LogP contribution in [0.2, 0.25) is 0 Å². The van der Waals surface area contributed by atoms with Gasteiger partial charge in [0.15, 0.2) is 11.5 Å². The van der Waals surface area contributed by atoms with Gasteiger partial charge in [-0.15, -0.1) is 0 Å². The Balaban J connectivity index is 2.64. The first-order chi connectivity index (χ1) is 9.92. The van der Waals surface area contributed by atoms with Gasteiger partial charge >= 0.3 is 0 Å². The van der Waals surface area contributed by atoms with Gasteiger partial charge in [-0.2, -0.15) is 0 Å². The number of aryl methyl sites for hydroxylation is 1. The lowest BCUT2D eigenvalue weighted by Crippen LogP contribution is -2.54. The molecule has 0 aliphatic heterocycles. The average Bonchev–Trinajstić information content (AvgIpc) is 2.46. The average molecular weight is 294 g/mol. The van der Waals surface area contributed by atoms with E-state index in [4.69, 9.17) is 15.2 Å². The quantitative estimate of drug-likeness (QED) is 0.731. The largest absolute Gasteiger partial charge is 0.493 e. The first-order valence-corrected chi connectivity index (χ1v) is 7.25. The van der Waals surface area contributed by atoms with Crippen LogP contribution in [0.4, 0.5) is 0 Å². The molecule has 1 aromatic carbocycles. The molecule has 0 aromatic heterocycles. The Kier molecular flexibility index (Phi) is 6.49. The summed E-state index contributed by atoms with van der Waals surface area (Å²) in [5.41, 5.74) is 5.83. The number of nitrogens with two attached hydrogens (primary N) is 1. The van der Waals surface area contributed by atoms with Gasteiger partial charge in [0, 0.05) is 6.42 Å². The van der Waals surface area contributed by atoms with E-state index in [1.165, 1.54) is 0 Å². The van der Waals surface area contributed by atoms with Crippen LogP contribution in [0.1, 0.15) is 32.3 Å². The lowest BCUT2D eigenvalue weighted by atomic mass is 9.97. The fourth-order valence-corrected chi connectivity index (χ4v) is 1.96. The predicted octanol–water partition coefficient (Wildman–Crippen LogP) is 2.02. The first kappa shape index (κ1) is 17.3. The van der Waals surface area contributed by atoms with Crippen molar-refractivity contribution in [1.82, 2.24) is 5.32 Å². The maximum Gasteiger partial charge on any atom is 0.237 e. The summed E-state index contributed by atoms with van der Waals surface area (Å²) in [6.07, 6.45) is 1.44. The fourth-order valence-electron chi connectivity index (χ4n) is 1.96. The van der Waals surface area contributed by atoms with Crippen molar-refractivity contribution in [3.63, 3.8) is 0 Å². The molecule has 0 radical (unpaired) electrons. The molecule has 1 atom stereocenters. The van der Waals surface area contributed by atoms with Crippen LogP contribution in [0.15, 0.2) is 18.2 Å². The molecular weight excluding hydrogens is 268 g/mol. The summed E-state index contributed by atoms with van der Waals surface area (Å²) in [5.74, 6) is 0.998. The number of hydrogen-bond donors (Lipinski definition) is 2. The van der Waals surface area contributed by atoms with E-state index < -0.39 is 5.54 Å². The van der Waals surface area contributed by atoms with Gasteiger partial charge in [-0.3, -0.25) is 4.79 Å². The normalized spacial score (nSPS) is 13.5. The van der Waals surface area contributed by atoms with Gasteiger partial charge in [0.2, 0.25) is 5.91 Å². The Morgan fingerprint density at radius 3 is 2.67 bits per heavy atom. The van der Waals surface area contributed by atoms with Gasteiger partial charge in [0.25, 0.3) is 0 Å². The molecule has 1 unspecified atom stereocenters. The second kappa shape index (κ2) is 7.88. The molecule has 5 nitrogen and oxygen atoms in total.